The van der Waals surface area contributed by atoms with E-state index in [9.17, 15) is 0 Å². The molecule has 0 unspecified atom stereocenters. The summed E-state index contributed by atoms with van der Waals surface area (Å²) >= 11 is 0. The molecule has 4 aromatic heterocycles. The molecule has 4 aromatic rings. The molecule has 0 aromatic carbocycles. The molecular formula is C23H26N8O. The van der Waals surface area contributed by atoms with Crippen LogP contribution in [0.5, 0.6) is 5.75 Å². The van der Waals surface area contributed by atoms with Crippen LogP contribution in [0.15, 0.2) is 55.1 Å². The Morgan fingerprint density at radius 1 is 0.906 bits per heavy atom. The molecule has 1 saturated heterocycles. The Bertz CT molecular complexity index is 1230. The van der Waals surface area contributed by atoms with E-state index in [1.807, 2.05) is 41.1 Å². The molecule has 9 nitrogen and oxygen atoms in total. The second-order valence-electron chi connectivity index (χ2n) is 8.23. The lowest BCUT2D eigenvalue weighted by Crippen LogP contribution is -2.21. The molecule has 164 valence electrons. The Balaban J connectivity index is 1.48. The molecule has 0 amide bonds. The third-order valence-electron chi connectivity index (χ3n) is 5.90. The maximum atomic E-state index is 5.30. The fourth-order valence-corrected chi connectivity index (χ4v) is 3.89. The summed E-state index contributed by atoms with van der Waals surface area (Å²) in [5.41, 5.74) is 1.77. The van der Waals surface area contributed by atoms with Gasteiger partial charge in [0.05, 0.1) is 7.11 Å². The first kappa shape index (κ1) is 20.0. The second kappa shape index (κ2) is 8.33. The minimum atomic E-state index is 0.472. The van der Waals surface area contributed by atoms with Gasteiger partial charge in [-0.3, -0.25) is 0 Å². The molecule has 2 atom stereocenters. The summed E-state index contributed by atoms with van der Waals surface area (Å²) in [6.45, 7) is 6.50. The van der Waals surface area contributed by atoms with Crippen molar-refractivity contribution in [2.24, 2.45) is 11.8 Å². The number of rotatable bonds is 6. The third kappa shape index (κ3) is 4.14. The molecule has 0 spiro atoms. The molecule has 2 N–H and O–H groups in total. The maximum Gasteiger partial charge on any atom is 0.232 e. The molecule has 5 rings (SSSR count). The van der Waals surface area contributed by atoms with Crippen molar-refractivity contribution in [3.05, 3.63) is 55.1 Å². The lowest BCUT2D eigenvalue weighted by atomic mass is 10.0. The largest absolute Gasteiger partial charge is 0.497 e. The zero-order valence-corrected chi connectivity index (χ0v) is 18.4. The van der Waals surface area contributed by atoms with Gasteiger partial charge < -0.3 is 24.7 Å². The molecule has 0 saturated carbocycles. The van der Waals surface area contributed by atoms with Crippen LogP contribution < -0.4 is 20.3 Å². The van der Waals surface area contributed by atoms with Crippen LogP contribution in [0.3, 0.4) is 0 Å². The van der Waals surface area contributed by atoms with E-state index in [1.54, 1.807) is 25.6 Å². The van der Waals surface area contributed by atoms with Gasteiger partial charge in [-0.15, -0.1) is 0 Å². The van der Waals surface area contributed by atoms with Crippen molar-refractivity contribution in [1.82, 2.24) is 24.3 Å². The maximum absolute atomic E-state index is 5.30. The minimum absolute atomic E-state index is 0.472. The molecule has 1 fully saturated rings. The van der Waals surface area contributed by atoms with Crippen molar-refractivity contribution in [2.45, 2.75) is 13.8 Å². The highest BCUT2D eigenvalue weighted by Gasteiger charge is 2.27. The number of ether oxygens (including phenoxy) is 1. The predicted octanol–water partition coefficient (Wildman–Crippen LogP) is 4.11. The van der Waals surface area contributed by atoms with Crippen molar-refractivity contribution >= 4 is 34.7 Å². The molecule has 1 aliphatic rings. The van der Waals surface area contributed by atoms with Crippen LogP contribution in [0.1, 0.15) is 13.8 Å². The Hall–Kier alpha value is -3.88. The number of hydrogen-bond acceptors (Lipinski definition) is 8. The smallest absolute Gasteiger partial charge is 0.232 e. The lowest BCUT2D eigenvalue weighted by Gasteiger charge is -2.19. The SMILES string of the molecule is COc1ccnc(Nc2nc(Nc3ccn4ccnc4c3)cc(N3C[C@H](C)[C@@H](C)C3)n2)c1. The van der Waals surface area contributed by atoms with Crippen LogP contribution in [-0.4, -0.2) is 44.5 Å². The average Bonchev–Trinajstić information content (AvgIpc) is 3.39. The van der Waals surface area contributed by atoms with Gasteiger partial charge in [0.2, 0.25) is 5.95 Å². The van der Waals surface area contributed by atoms with Crippen molar-refractivity contribution in [2.75, 3.05) is 35.7 Å². The molecule has 9 heteroatoms. The van der Waals surface area contributed by atoms with Crippen LogP contribution in [0.25, 0.3) is 5.65 Å². The Kier molecular flexibility index (Phi) is 5.22. The van der Waals surface area contributed by atoms with Gasteiger partial charge in [-0.05, 0) is 24.0 Å². The number of hydrogen-bond donors (Lipinski definition) is 2. The number of anilines is 5. The topological polar surface area (TPSA) is 92.5 Å². The zero-order chi connectivity index (χ0) is 22.1. The van der Waals surface area contributed by atoms with E-state index in [0.717, 1.165) is 30.2 Å². The molecule has 0 bridgehead atoms. The number of pyridine rings is 2. The summed E-state index contributed by atoms with van der Waals surface area (Å²) in [4.78, 5) is 20.5. The van der Waals surface area contributed by atoms with E-state index in [-0.39, 0.29) is 0 Å². The fraction of sp³-hybridized carbons (Fsp3) is 0.304. The molecule has 0 aliphatic carbocycles. The van der Waals surface area contributed by atoms with Gasteiger partial charge in [0.25, 0.3) is 0 Å². The van der Waals surface area contributed by atoms with E-state index in [0.29, 0.717) is 35.2 Å². The lowest BCUT2D eigenvalue weighted by molar-refractivity contribution is 0.414. The molecule has 0 radical (unpaired) electrons. The normalized spacial score (nSPS) is 18.2. The van der Waals surface area contributed by atoms with Crippen LogP contribution in [-0.2, 0) is 0 Å². The van der Waals surface area contributed by atoms with Crippen LogP contribution in [0.4, 0.5) is 29.1 Å². The summed E-state index contributed by atoms with van der Waals surface area (Å²) in [5.74, 6) is 4.61. The average molecular weight is 431 g/mol. The van der Waals surface area contributed by atoms with E-state index < -0.39 is 0 Å². The first-order valence-corrected chi connectivity index (χ1v) is 10.7. The first-order valence-electron chi connectivity index (χ1n) is 10.7. The van der Waals surface area contributed by atoms with Crippen molar-refractivity contribution < 1.29 is 4.74 Å². The van der Waals surface area contributed by atoms with Crippen LogP contribution in [0, 0.1) is 11.8 Å². The van der Waals surface area contributed by atoms with Gasteiger partial charge in [-0.25, -0.2) is 9.97 Å². The monoisotopic (exact) mass is 430 g/mol. The van der Waals surface area contributed by atoms with Gasteiger partial charge in [0, 0.05) is 61.8 Å². The first-order chi connectivity index (χ1) is 15.6. The number of aromatic nitrogens is 5. The predicted molar refractivity (Wildman–Crippen MR) is 125 cm³/mol. The van der Waals surface area contributed by atoms with Gasteiger partial charge in [0.1, 0.15) is 28.9 Å². The summed E-state index contributed by atoms with van der Waals surface area (Å²) in [6.07, 6.45) is 7.35. The Morgan fingerprint density at radius 3 is 2.56 bits per heavy atom. The van der Waals surface area contributed by atoms with E-state index >= 15 is 0 Å². The third-order valence-corrected chi connectivity index (χ3v) is 5.90. The van der Waals surface area contributed by atoms with Gasteiger partial charge in [0.15, 0.2) is 0 Å². The highest BCUT2D eigenvalue weighted by Crippen LogP contribution is 2.30. The van der Waals surface area contributed by atoms with E-state index in [4.69, 9.17) is 9.72 Å². The second-order valence-corrected chi connectivity index (χ2v) is 8.23. The van der Waals surface area contributed by atoms with E-state index in [1.165, 1.54) is 0 Å². The number of nitrogens with one attached hydrogen (secondary N) is 2. The Morgan fingerprint density at radius 2 is 1.75 bits per heavy atom. The molecule has 1 aliphatic heterocycles. The summed E-state index contributed by atoms with van der Waals surface area (Å²) < 4.78 is 7.27. The van der Waals surface area contributed by atoms with Crippen LogP contribution in [0.2, 0.25) is 0 Å². The molecule has 5 heterocycles. The van der Waals surface area contributed by atoms with Crippen molar-refractivity contribution in [1.29, 1.82) is 0 Å². The molecule has 32 heavy (non-hydrogen) atoms. The minimum Gasteiger partial charge on any atom is -0.497 e. The van der Waals surface area contributed by atoms with Gasteiger partial charge >= 0.3 is 0 Å². The Labute approximate surface area is 186 Å². The highest BCUT2D eigenvalue weighted by molar-refractivity contribution is 5.66. The number of fused-ring (bicyclic) bond motifs is 1. The summed E-state index contributed by atoms with van der Waals surface area (Å²) in [5, 5.41) is 6.62. The van der Waals surface area contributed by atoms with Crippen LogP contribution >= 0.6 is 0 Å². The number of imidazole rings is 1. The highest BCUT2D eigenvalue weighted by atomic mass is 16.5. The van der Waals surface area contributed by atoms with E-state index in [2.05, 4.69) is 44.3 Å². The van der Waals surface area contributed by atoms with Gasteiger partial charge in [-0.2, -0.15) is 9.97 Å². The van der Waals surface area contributed by atoms with Crippen molar-refractivity contribution in [3.63, 3.8) is 0 Å². The van der Waals surface area contributed by atoms with Crippen molar-refractivity contribution in [3.8, 4) is 5.75 Å². The quantitative estimate of drug-likeness (QED) is 0.472. The summed E-state index contributed by atoms with van der Waals surface area (Å²) in [7, 11) is 1.63. The number of methoxy groups -OCH3 is 1. The summed E-state index contributed by atoms with van der Waals surface area (Å²) in [6, 6.07) is 9.58. The number of nitrogens with zero attached hydrogens (tertiary/aromatic N) is 6. The zero-order valence-electron chi connectivity index (χ0n) is 18.4. The standard InChI is InChI=1S/C23H26N8O/c1-15-13-31(14-16(15)2)22-12-20(26-17-5-8-30-9-7-25-21(30)10-17)28-23(29-22)27-19-11-18(32-3)4-6-24-19/h4-12,15-16H,13-14H2,1-3H3,(H2,24,26,27,28,29)/t15-,16-/m0/s1. The fourth-order valence-electron chi connectivity index (χ4n) is 3.89. The molecular weight excluding hydrogens is 404 g/mol. The van der Waals surface area contributed by atoms with Gasteiger partial charge in [-0.1, -0.05) is 13.8 Å².